The molecule has 0 aromatic heterocycles. The lowest BCUT2D eigenvalue weighted by Crippen LogP contribution is -2.50. The van der Waals surface area contributed by atoms with Gasteiger partial charge in [-0.3, -0.25) is 9.59 Å². The van der Waals surface area contributed by atoms with E-state index in [0.29, 0.717) is 25.4 Å². The Kier molecular flexibility index (Phi) is 5.19. The highest BCUT2D eigenvalue weighted by Gasteiger charge is 2.38. The van der Waals surface area contributed by atoms with Crippen molar-refractivity contribution in [3.05, 3.63) is 54.6 Å². The Bertz CT molecular complexity index is 847. The van der Waals surface area contributed by atoms with E-state index in [1.54, 1.807) is 12.0 Å². The van der Waals surface area contributed by atoms with Crippen LogP contribution in [0.3, 0.4) is 0 Å². The van der Waals surface area contributed by atoms with E-state index in [-0.39, 0.29) is 24.2 Å². The van der Waals surface area contributed by atoms with Crippen LogP contribution in [0.4, 0.5) is 11.4 Å². The molecule has 0 radical (unpaired) electrons. The number of hydrogen-bond acceptors (Lipinski definition) is 4. The standard InChI is InChI=1S/C22H25N3O3/c1-28-20-9-5-8-19(15-20)25-16-17(14-21(25)26)22(27)24-12-10-23(11-13-24)18-6-3-2-4-7-18/h2-9,15,17H,10-14,16H2,1H3. The Morgan fingerprint density at radius 3 is 2.39 bits per heavy atom. The predicted octanol–water partition coefficient (Wildman–Crippen LogP) is 2.40. The summed E-state index contributed by atoms with van der Waals surface area (Å²) in [5, 5.41) is 0. The van der Waals surface area contributed by atoms with E-state index in [4.69, 9.17) is 4.74 Å². The molecule has 2 heterocycles. The van der Waals surface area contributed by atoms with Gasteiger partial charge in [0.05, 0.1) is 13.0 Å². The molecule has 2 aromatic carbocycles. The molecule has 2 aromatic rings. The summed E-state index contributed by atoms with van der Waals surface area (Å²) in [5.74, 6) is 0.514. The van der Waals surface area contributed by atoms with E-state index >= 15 is 0 Å². The lowest BCUT2D eigenvalue weighted by Gasteiger charge is -2.37. The van der Waals surface area contributed by atoms with E-state index in [2.05, 4.69) is 17.0 Å². The van der Waals surface area contributed by atoms with Crippen molar-refractivity contribution in [2.75, 3.05) is 49.6 Å². The fourth-order valence-corrected chi connectivity index (χ4v) is 3.98. The summed E-state index contributed by atoms with van der Waals surface area (Å²) >= 11 is 0. The van der Waals surface area contributed by atoms with Crippen LogP contribution >= 0.6 is 0 Å². The first-order valence-electron chi connectivity index (χ1n) is 9.69. The number of nitrogens with zero attached hydrogens (tertiary/aromatic N) is 3. The number of anilines is 2. The van der Waals surface area contributed by atoms with Gasteiger partial charge in [0, 0.05) is 56.6 Å². The largest absolute Gasteiger partial charge is 0.497 e. The van der Waals surface area contributed by atoms with Crippen LogP contribution in [0, 0.1) is 5.92 Å². The average Bonchev–Trinajstić information content (AvgIpc) is 3.15. The molecule has 2 fully saturated rings. The number of rotatable bonds is 4. The van der Waals surface area contributed by atoms with Gasteiger partial charge in [-0.25, -0.2) is 0 Å². The summed E-state index contributed by atoms with van der Waals surface area (Å²) in [6, 6.07) is 17.7. The van der Waals surface area contributed by atoms with E-state index in [1.165, 1.54) is 5.69 Å². The van der Waals surface area contributed by atoms with Crippen molar-refractivity contribution in [1.29, 1.82) is 0 Å². The normalized spacial score (nSPS) is 19.8. The fraction of sp³-hybridized carbons (Fsp3) is 0.364. The number of para-hydroxylation sites is 1. The van der Waals surface area contributed by atoms with Crippen LogP contribution in [-0.2, 0) is 9.59 Å². The molecule has 0 saturated carbocycles. The summed E-state index contributed by atoms with van der Waals surface area (Å²) in [7, 11) is 1.60. The third-order valence-electron chi connectivity index (χ3n) is 5.55. The Balaban J connectivity index is 1.37. The maximum Gasteiger partial charge on any atom is 0.228 e. The molecule has 0 bridgehead atoms. The number of amides is 2. The van der Waals surface area contributed by atoms with Gasteiger partial charge >= 0.3 is 0 Å². The van der Waals surface area contributed by atoms with E-state index < -0.39 is 0 Å². The maximum atomic E-state index is 13.0. The van der Waals surface area contributed by atoms with Crippen molar-refractivity contribution < 1.29 is 14.3 Å². The van der Waals surface area contributed by atoms with Crippen molar-refractivity contribution in [3.8, 4) is 5.75 Å². The second-order valence-electron chi connectivity index (χ2n) is 7.25. The molecule has 28 heavy (non-hydrogen) atoms. The SMILES string of the molecule is COc1cccc(N2CC(C(=O)N3CCN(c4ccccc4)CC3)CC2=O)c1. The molecular weight excluding hydrogens is 354 g/mol. The quantitative estimate of drug-likeness (QED) is 0.819. The lowest BCUT2D eigenvalue weighted by molar-refractivity contribution is -0.136. The summed E-state index contributed by atoms with van der Waals surface area (Å²) in [5.41, 5.74) is 1.98. The molecule has 2 aliphatic rings. The number of ether oxygens (including phenoxy) is 1. The monoisotopic (exact) mass is 379 g/mol. The first-order chi connectivity index (χ1) is 13.7. The molecule has 6 nitrogen and oxygen atoms in total. The highest BCUT2D eigenvalue weighted by Crippen LogP contribution is 2.29. The fourth-order valence-electron chi connectivity index (χ4n) is 3.98. The topological polar surface area (TPSA) is 53.1 Å². The number of hydrogen-bond donors (Lipinski definition) is 0. The smallest absolute Gasteiger partial charge is 0.228 e. The maximum absolute atomic E-state index is 13.0. The summed E-state index contributed by atoms with van der Waals surface area (Å²) in [6.07, 6.45) is 0.273. The summed E-state index contributed by atoms with van der Waals surface area (Å²) in [4.78, 5) is 31.4. The minimum Gasteiger partial charge on any atom is -0.497 e. The molecule has 2 aliphatic heterocycles. The third kappa shape index (κ3) is 3.67. The number of methoxy groups -OCH3 is 1. The minimum atomic E-state index is -0.276. The zero-order chi connectivity index (χ0) is 19.5. The molecule has 6 heteroatoms. The number of carbonyl (C=O) groups excluding carboxylic acids is 2. The number of carbonyl (C=O) groups is 2. The Morgan fingerprint density at radius 1 is 0.964 bits per heavy atom. The molecule has 0 N–H and O–H groups in total. The first kappa shape index (κ1) is 18.3. The van der Waals surface area contributed by atoms with Gasteiger partial charge in [0.1, 0.15) is 5.75 Å². The second kappa shape index (κ2) is 7.92. The van der Waals surface area contributed by atoms with Crippen LogP contribution in [0.1, 0.15) is 6.42 Å². The summed E-state index contributed by atoms with van der Waals surface area (Å²) in [6.45, 7) is 3.45. The zero-order valence-corrected chi connectivity index (χ0v) is 16.1. The van der Waals surface area contributed by atoms with E-state index in [0.717, 1.165) is 18.8 Å². The molecule has 4 rings (SSSR count). The Morgan fingerprint density at radius 2 is 1.68 bits per heavy atom. The van der Waals surface area contributed by atoms with Gasteiger partial charge in [-0.05, 0) is 24.3 Å². The van der Waals surface area contributed by atoms with E-state index in [1.807, 2.05) is 47.4 Å². The molecule has 146 valence electrons. The summed E-state index contributed by atoms with van der Waals surface area (Å²) < 4.78 is 5.25. The van der Waals surface area contributed by atoms with Gasteiger partial charge in [-0.15, -0.1) is 0 Å². The molecule has 0 spiro atoms. The van der Waals surface area contributed by atoms with Gasteiger partial charge in [-0.1, -0.05) is 24.3 Å². The first-order valence-corrected chi connectivity index (χ1v) is 9.69. The van der Waals surface area contributed by atoms with Crippen LogP contribution in [-0.4, -0.2) is 56.5 Å². The van der Waals surface area contributed by atoms with Crippen LogP contribution in [0.2, 0.25) is 0 Å². The molecule has 2 amide bonds. The highest BCUT2D eigenvalue weighted by atomic mass is 16.5. The van der Waals surface area contributed by atoms with Crippen LogP contribution in [0.5, 0.6) is 5.75 Å². The van der Waals surface area contributed by atoms with Gasteiger partial charge < -0.3 is 19.4 Å². The molecule has 1 unspecified atom stereocenters. The van der Waals surface area contributed by atoms with Crippen LogP contribution in [0.25, 0.3) is 0 Å². The minimum absolute atomic E-state index is 0.00507. The molecule has 2 saturated heterocycles. The van der Waals surface area contributed by atoms with Gasteiger partial charge in [0.2, 0.25) is 11.8 Å². The van der Waals surface area contributed by atoms with Gasteiger partial charge in [0.15, 0.2) is 0 Å². The predicted molar refractivity (Wildman–Crippen MR) is 109 cm³/mol. The average molecular weight is 379 g/mol. The third-order valence-corrected chi connectivity index (χ3v) is 5.55. The van der Waals surface area contributed by atoms with Crippen molar-refractivity contribution in [1.82, 2.24) is 4.90 Å². The van der Waals surface area contributed by atoms with Crippen LogP contribution in [0.15, 0.2) is 54.6 Å². The lowest BCUT2D eigenvalue weighted by atomic mass is 10.1. The van der Waals surface area contributed by atoms with Crippen molar-refractivity contribution in [2.24, 2.45) is 5.92 Å². The van der Waals surface area contributed by atoms with Gasteiger partial charge in [0.25, 0.3) is 0 Å². The number of benzene rings is 2. The van der Waals surface area contributed by atoms with Gasteiger partial charge in [-0.2, -0.15) is 0 Å². The van der Waals surface area contributed by atoms with Crippen molar-refractivity contribution in [3.63, 3.8) is 0 Å². The second-order valence-corrected chi connectivity index (χ2v) is 7.25. The van der Waals surface area contributed by atoms with Crippen molar-refractivity contribution in [2.45, 2.75) is 6.42 Å². The Hall–Kier alpha value is -3.02. The zero-order valence-electron chi connectivity index (χ0n) is 16.1. The molecule has 0 aliphatic carbocycles. The molecular formula is C22H25N3O3. The van der Waals surface area contributed by atoms with E-state index in [9.17, 15) is 9.59 Å². The Labute approximate surface area is 165 Å². The number of piperazine rings is 1. The highest BCUT2D eigenvalue weighted by molar-refractivity contribution is 6.00. The van der Waals surface area contributed by atoms with Crippen molar-refractivity contribution >= 4 is 23.2 Å². The van der Waals surface area contributed by atoms with Crippen LogP contribution < -0.4 is 14.5 Å². The molecule has 1 atom stereocenters.